The maximum atomic E-state index is 13.4. The van der Waals surface area contributed by atoms with Gasteiger partial charge in [-0.3, -0.25) is 19.4 Å². The molecule has 0 bridgehead atoms. The van der Waals surface area contributed by atoms with Crippen LogP contribution in [0.15, 0.2) is 59.9 Å². The molecule has 8 heteroatoms. The van der Waals surface area contributed by atoms with Gasteiger partial charge in [-0.05, 0) is 57.0 Å². The number of rotatable bonds is 10. The summed E-state index contributed by atoms with van der Waals surface area (Å²) in [5.41, 5.74) is 2.75. The molecule has 0 saturated heterocycles. The van der Waals surface area contributed by atoms with Crippen molar-refractivity contribution in [3.05, 3.63) is 77.0 Å². The number of carbonyl (C=O) groups excluding carboxylic acids is 3. The predicted molar refractivity (Wildman–Crippen MR) is 131 cm³/mol. The molecule has 1 unspecified atom stereocenters. The maximum absolute atomic E-state index is 13.4. The molecular formula is C27H33FN4O3. The van der Waals surface area contributed by atoms with Crippen LogP contribution in [0.5, 0.6) is 0 Å². The average Bonchev–Trinajstić information content (AvgIpc) is 2.86. The molecule has 1 aliphatic rings. The number of hydrogen-bond acceptors (Lipinski definition) is 4. The second kappa shape index (κ2) is 12.2. The number of nitrogens with zero attached hydrogens (tertiary/aromatic N) is 3. The van der Waals surface area contributed by atoms with Crippen molar-refractivity contribution in [2.75, 3.05) is 19.6 Å². The van der Waals surface area contributed by atoms with Gasteiger partial charge in [0.05, 0.1) is 12.5 Å². The van der Waals surface area contributed by atoms with E-state index in [1.165, 1.54) is 12.1 Å². The molecular weight excluding hydrogens is 447 g/mol. The number of benzene rings is 1. The Hall–Kier alpha value is -3.55. The lowest BCUT2D eigenvalue weighted by Gasteiger charge is -2.36. The zero-order valence-corrected chi connectivity index (χ0v) is 20.6. The number of aromatic nitrogens is 1. The molecule has 2 heterocycles. The summed E-state index contributed by atoms with van der Waals surface area (Å²) in [7, 11) is 0. The largest absolute Gasteiger partial charge is 0.356 e. The van der Waals surface area contributed by atoms with E-state index >= 15 is 0 Å². The van der Waals surface area contributed by atoms with Crippen LogP contribution in [0.4, 0.5) is 4.39 Å². The van der Waals surface area contributed by atoms with E-state index in [9.17, 15) is 18.8 Å². The van der Waals surface area contributed by atoms with Crippen LogP contribution in [-0.4, -0.2) is 52.1 Å². The normalized spacial score (nSPS) is 15.8. The Morgan fingerprint density at radius 2 is 1.86 bits per heavy atom. The van der Waals surface area contributed by atoms with Crippen LogP contribution in [0.2, 0.25) is 0 Å². The standard InChI is InChI=1S/C27H33FN4O3/c1-4-31(5-2)27(35)24-16-21(17-25(33)30-15-13-23-8-6-7-14-29-23)26(34)32(19(24)3)18-20-9-11-22(28)12-10-20/h6-12,14,21H,4-5,13,15-18H2,1-3H3,(H,30,33). The summed E-state index contributed by atoms with van der Waals surface area (Å²) in [4.78, 5) is 46.9. The molecule has 0 saturated carbocycles. The Morgan fingerprint density at radius 3 is 2.49 bits per heavy atom. The first kappa shape index (κ1) is 26.1. The van der Waals surface area contributed by atoms with Crippen LogP contribution in [-0.2, 0) is 27.3 Å². The van der Waals surface area contributed by atoms with Gasteiger partial charge in [0.25, 0.3) is 5.91 Å². The minimum atomic E-state index is -0.650. The minimum absolute atomic E-state index is 0.0106. The van der Waals surface area contributed by atoms with Crippen molar-refractivity contribution in [2.45, 2.75) is 46.6 Å². The van der Waals surface area contributed by atoms with Crippen molar-refractivity contribution in [3.63, 3.8) is 0 Å². The van der Waals surface area contributed by atoms with Gasteiger partial charge in [-0.2, -0.15) is 0 Å². The number of pyridine rings is 1. The van der Waals surface area contributed by atoms with E-state index in [1.807, 2.05) is 32.0 Å². The van der Waals surface area contributed by atoms with Crippen LogP contribution in [0, 0.1) is 11.7 Å². The van der Waals surface area contributed by atoms with Gasteiger partial charge in [0.1, 0.15) is 5.82 Å². The fourth-order valence-electron chi connectivity index (χ4n) is 4.27. The third-order valence-electron chi connectivity index (χ3n) is 6.33. The number of amides is 3. The average molecular weight is 481 g/mol. The topological polar surface area (TPSA) is 82.6 Å². The summed E-state index contributed by atoms with van der Waals surface area (Å²) in [5.74, 6) is -1.57. The highest BCUT2D eigenvalue weighted by Gasteiger charge is 2.37. The summed E-state index contributed by atoms with van der Waals surface area (Å²) < 4.78 is 13.4. The second-order valence-electron chi connectivity index (χ2n) is 8.62. The molecule has 186 valence electrons. The van der Waals surface area contributed by atoms with Crippen molar-refractivity contribution in [1.29, 1.82) is 0 Å². The highest BCUT2D eigenvalue weighted by atomic mass is 19.1. The van der Waals surface area contributed by atoms with E-state index in [0.29, 0.717) is 37.3 Å². The third-order valence-corrected chi connectivity index (χ3v) is 6.33. The number of nitrogens with one attached hydrogen (secondary N) is 1. The van der Waals surface area contributed by atoms with E-state index < -0.39 is 5.92 Å². The molecule has 0 aliphatic carbocycles. The summed E-state index contributed by atoms with van der Waals surface area (Å²) >= 11 is 0. The molecule has 0 fully saturated rings. The molecule has 2 aromatic rings. The Balaban J connectivity index is 1.76. The van der Waals surface area contributed by atoms with Crippen LogP contribution >= 0.6 is 0 Å². The summed E-state index contributed by atoms with van der Waals surface area (Å²) in [6.07, 6.45) is 2.50. The van der Waals surface area contributed by atoms with Gasteiger partial charge < -0.3 is 15.1 Å². The van der Waals surface area contributed by atoms with Crippen LogP contribution in [0.3, 0.4) is 0 Å². The molecule has 1 aliphatic heterocycles. The Kier molecular flexibility index (Phi) is 9.11. The molecule has 3 rings (SSSR count). The molecule has 1 aromatic carbocycles. The fraction of sp³-hybridized carbons (Fsp3) is 0.407. The third kappa shape index (κ3) is 6.74. The van der Waals surface area contributed by atoms with E-state index in [1.54, 1.807) is 35.1 Å². The molecule has 7 nitrogen and oxygen atoms in total. The van der Waals surface area contributed by atoms with Crippen LogP contribution in [0.25, 0.3) is 0 Å². The van der Waals surface area contributed by atoms with E-state index in [4.69, 9.17) is 0 Å². The highest BCUT2D eigenvalue weighted by Crippen LogP contribution is 2.32. The summed E-state index contributed by atoms with van der Waals surface area (Å²) in [6.45, 7) is 7.31. The van der Waals surface area contributed by atoms with Crippen molar-refractivity contribution < 1.29 is 18.8 Å². The zero-order valence-electron chi connectivity index (χ0n) is 20.6. The van der Waals surface area contributed by atoms with Crippen molar-refractivity contribution >= 4 is 17.7 Å². The van der Waals surface area contributed by atoms with Crippen LogP contribution < -0.4 is 5.32 Å². The van der Waals surface area contributed by atoms with E-state index in [2.05, 4.69) is 10.3 Å². The lowest BCUT2D eigenvalue weighted by atomic mass is 9.88. The number of likely N-dealkylation sites (N-methyl/N-ethyl adjacent to an activating group) is 1. The van der Waals surface area contributed by atoms with Gasteiger partial charge in [-0.25, -0.2) is 4.39 Å². The van der Waals surface area contributed by atoms with Crippen LogP contribution in [0.1, 0.15) is 44.9 Å². The molecule has 1 atom stereocenters. The van der Waals surface area contributed by atoms with E-state index in [-0.39, 0.29) is 42.9 Å². The zero-order chi connectivity index (χ0) is 25.4. The first-order chi connectivity index (χ1) is 16.8. The van der Waals surface area contributed by atoms with Gasteiger partial charge in [-0.1, -0.05) is 18.2 Å². The molecule has 1 N–H and O–H groups in total. The Bertz CT molecular complexity index is 1070. The van der Waals surface area contributed by atoms with Gasteiger partial charge in [0.2, 0.25) is 11.8 Å². The SMILES string of the molecule is CCN(CC)C(=O)C1=C(C)N(Cc2ccc(F)cc2)C(=O)C(CC(=O)NCCc2ccccn2)C1. The van der Waals surface area contributed by atoms with Gasteiger partial charge >= 0.3 is 0 Å². The predicted octanol–water partition coefficient (Wildman–Crippen LogP) is 3.46. The molecule has 3 amide bonds. The van der Waals surface area contributed by atoms with Gasteiger partial charge in [-0.15, -0.1) is 0 Å². The number of carbonyl (C=O) groups is 3. The number of allylic oxidation sites excluding steroid dienone is 1. The highest BCUT2D eigenvalue weighted by molar-refractivity contribution is 5.98. The lowest BCUT2D eigenvalue weighted by molar-refractivity contribution is -0.139. The Morgan fingerprint density at radius 1 is 1.14 bits per heavy atom. The molecule has 0 radical (unpaired) electrons. The van der Waals surface area contributed by atoms with Crippen molar-refractivity contribution in [1.82, 2.24) is 20.1 Å². The first-order valence-electron chi connectivity index (χ1n) is 12.0. The number of halogens is 1. The maximum Gasteiger partial charge on any atom is 0.251 e. The lowest BCUT2D eigenvalue weighted by Crippen LogP contribution is -2.44. The summed E-state index contributed by atoms with van der Waals surface area (Å²) in [6, 6.07) is 11.5. The first-order valence-corrected chi connectivity index (χ1v) is 12.0. The Labute approximate surface area is 206 Å². The fourth-order valence-corrected chi connectivity index (χ4v) is 4.27. The van der Waals surface area contributed by atoms with Gasteiger partial charge in [0, 0.05) is 55.6 Å². The minimum Gasteiger partial charge on any atom is -0.356 e. The molecule has 1 aromatic heterocycles. The summed E-state index contributed by atoms with van der Waals surface area (Å²) in [5, 5.41) is 2.87. The monoisotopic (exact) mass is 480 g/mol. The quantitative estimate of drug-likeness (QED) is 0.565. The van der Waals surface area contributed by atoms with Gasteiger partial charge in [0.15, 0.2) is 0 Å². The van der Waals surface area contributed by atoms with Crippen molar-refractivity contribution in [3.8, 4) is 0 Å². The second-order valence-corrected chi connectivity index (χ2v) is 8.62. The van der Waals surface area contributed by atoms with Crippen molar-refractivity contribution in [2.24, 2.45) is 5.92 Å². The smallest absolute Gasteiger partial charge is 0.251 e. The van der Waals surface area contributed by atoms with E-state index in [0.717, 1.165) is 11.3 Å². The number of hydrogen-bond donors (Lipinski definition) is 1. The molecule has 0 spiro atoms. The molecule has 35 heavy (non-hydrogen) atoms.